The van der Waals surface area contributed by atoms with Crippen LogP contribution in [-0.2, 0) is 7.05 Å². The van der Waals surface area contributed by atoms with Crippen LogP contribution in [0.25, 0.3) is 0 Å². The molecule has 1 aromatic rings. The van der Waals surface area contributed by atoms with Gasteiger partial charge < -0.3 is 15.0 Å². The third-order valence-electron chi connectivity index (χ3n) is 2.57. The number of imidazole rings is 1. The van der Waals surface area contributed by atoms with Gasteiger partial charge in [0.2, 0.25) is 5.95 Å². The van der Waals surface area contributed by atoms with E-state index in [1.54, 1.807) is 0 Å². The molecule has 14 heavy (non-hydrogen) atoms. The summed E-state index contributed by atoms with van der Waals surface area (Å²) in [5, 5.41) is 12.8. The second kappa shape index (κ2) is 4.06. The number of rotatable bonds is 4. The Morgan fingerprint density at radius 3 is 3.00 bits per heavy atom. The SMILES string of the molecule is Cn1c(I)cnc1NCC(O)C1CC1. The molecule has 4 nitrogen and oxygen atoms in total. The minimum Gasteiger partial charge on any atom is -0.391 e. The Hall–Kier alpha value is -0.300. The predicted octanol–water partition coefficient (Wildman–Crippen LogP) is 1.21. The lowest BCUT2D eigenvalue weighted by atomic mass is 10.2. The second-order valence-electron chi connectivity index (χ2n) is 3.75. The number of aliphatic hydroxyl groups excluding tert-OH is 1. The van der Waals surface area contributed by atoms with E-state index in [4.69, 9.17) is 0 Å². The van der Waals surface area contributed by atoms with E-state index >= 15 is 0 Å². The van der Waals surface area contributed by atoms with E-state index in [2.05, 4.69) is 32.9 Å². The van der Waals surface area contributed by atoms with Crippen LogP contribution in [0.2, 0.25) is 0 Å². The number of halogens is 1. The van der Waals surface area contributed by atoms with Crippen molar-refractivity contribution in [3.63, 3.8) is 0 Å². The fourth-order valence-electron chi connectivity index (χ4n) is 1.40. The van der Waals surface area contributed by atoms with Crippen molar-refractivity contribution in [1.82, 2.24) is 9.55 Å². The normalized spacial score (nSPS) is 18.2. The first-order valence-electron chi connectivity index (χ1n) is 4.77. The van der Waals surface area contributed by atoms with Crippen LogP contribution in [0.15, 0.2) is 6.20 Å². The molecule has 0 aliphatic heterocycles. The third kappa shape index (κ3) is 2.20. The summed E-state index contributed by atoms with van der Waals surface area (Å²) in [6.07, 6.45) is 3.93. The third-order valence-corrected chi connectivity index (χ3v) is 3.57. The van der Waals surface area contributed by atoms with Crippen molar-refractivity contribution in [2.24, 2.45) is 13.0 Å². The maximum Gasteiger partial charge on any atom is 0.203 e. The molecule has 78 valence electrons. The number of nitrogens with one attached hydrogen (secondary N) is 1. The summed E-state index contributed by atoms with van der Waals surface area (Å²) in [6.45, 7) is 0.603. The summed E-state index contributed by atoms with van der Waals surface area (Å²) < 4.78 is 3.06. The highest BCUT2D eigenvalue weighted by atomic mass is 127. The van der Waals surface area contributed by atoms with Gasteiger partial charge in [-0.05, 0) is 41.4 Å². The summed E-state index contributed by atoms with van der Waals surface area (Å²) in [6, 6.07) is 0. The lowest BCUT2D eigenvalue weighted by Crippen LogP contribution is -2.22. The highest BCUT2D eigenvalue weighted by Crippen LogP contribution is 2.32. The Bertz CT molecular complexity index is 322. The van der Waals surface area contributed by atoms with E-state index in [9.17, 15) is 5.11 Å². The molecule has 0 aromatic carbocycles. The Labute approximate surface area is 96.9 Å². The maximum atomic E-state index is 9.65. The zero-order chi connectivity index (χ0) is 10.1. The van der Waals surface area contributed by atoms with Crippen molar-refractivity contribution >= 4 is 28.5 Å². The molecule has 1 fully saturated rings. The first kappa shape index (κ1) is 10.2. The van der Waals surface area contributed by atoms with Crippen molar-refractivity contribution in [3.8, 4) is 0 Å². The number of nitrogens with zero attached hydrogens (tertiary/aromatic N) is 2. The minimum absolute atomic E-state index is 0.218. The van der Waals surface area contributed by atoms with Crippen molar-refractivity contribution in [2.45, 2.75) is 18.9 Å². The fraction of sp³-hybridized carbons (Fsp3) is 0.667. The molecule has 0 spiro atoms. The van der Waals surface area contributed by atoms with E-state index < -0.39 is 0 Å². The molecule has 0 amide bonds. The van der Waals surface area contributed by atoms with Gasteiger partial charge >= 0.3 is 0 Å². The van der Waals surface area contributed by atoms with Crippen LogP contribution in [0.5, 0.6) is 0 Å². The molecule has 1 aromatic heterocycles. The molecule has 1 heterocycles. The topological polar surface area (TPSA) is 50.1 Å². The Morgan fingerprint density at radius 1 is 1.79 bits per heavy atom. The molecule has 2 N–H and O–H groups in total. The smallest absolute Gasteiger partial charge is 0.203 e. The van der Waals surface area contributed by atoms with Gasteiger partial charge in [-0.3, -0.25) is 0 Å². The van der Waals surface area contributed by atoms with Gasteiger partial charge in [0, 0.05) is 13.6 Å². The lowest BCUT2D eigenvalue weighted by molar-refractivity contribution is 0.164. The number of hydrogen-bond acceptors (Lipinski definition) is 3. The summed E-state index contributed by atoms with van der Waals surface area (Å²) >= 11 is 2.23. The quantitative estimate of drug-likeness (QED) is 0.822. The van der Waals surface area contributed by atoms with Gasteiger partial charge in [0.15, 0.2) is 0 Å². The number of hydrogen-bond donors (Lipinski definition) is 2. The molecule has 1 saturated carbocycles. The van der Waals surface area contributed by atoms with Gasteiger partial charge in [-0.1, -0.05) is 0 Å². The highest BCUT2D eigenvalue weighted by molar-refractivity contribution is 14.1. The maximum absolute atomic E-state index is 9.65. The molecule has 1 unspecified atom stereocenters. The number of aromatic nitrogens is 2. The summed E-state index contributed by atoms with van der Waals surface area (Å²) in [5.41, 5.74) is 0. The van der Waals surface area contributed by atoms with Crippen molar-refractivity contribution < 1.29 is 5.11 Å². The minimum atomic E-state index is -0.218. The zero-order valence-electron chi connectivity index (χ0n) is 8.07. The van der Waals surface area contributed by atoms with Crippen molar-refractivity contribution in [1.29, 1.82) is 0 Å². The van der Waals surface area contributed by atoms with Crippen molar-refractivity contribution in [2.75, 3.05) is 11.9 Å². The van der Waals surface area contributed by atoms with E-state index in [1.807, 2.05) is 17.8 Å². The Balaban J connectivity index is 1.87. The first-order valence-corrected chi connectivity index (χ1v) is 5.85. The van der Waals surface area contributed by atoms with Crippen LogP contribution in [-0.4, -0.2) is 27.3 Å². The monoisotopic (exact) mass is 307 g/mol. The second-order valence-corrected chi connectivity index (χ2v) is 4.85. The van der Waals surface area contributed by atoms with Crippen LogP contribution < -0.4 is 5.32 Å². The highest BCUT2D eigenvalue weighted by Gasteiger charge is 2.29. The number of aliphatic hydroxyl groups is 1. The fourth-order valence-corrected chi connectivity index (χ4v) is 1.76. The van der Waals surface area contributed by atoms with Gasteiger partial charge in [0.05, 0.1) is 12.3 Å². The van der Waals surface area contributed by atoms with Gasteiger partial charge in [-0.15, -0.1) is 0 Å². The van der Waals surface area contributed by atoms with Crippen LogP contribution in [0.3, 0.4) is 0 Å². The Kier molecular flexibility index (Phi) is 2.96. The van der Waals surface area contributed by atoms with Crippen molar-refractivity contribution in [3.05, 3.63) is 9.90 Å². The van der Waals surface area contributed by atoms with Gasteiger partial charge in [0.1, 0.15) is 3.70 Å². The predicted molar refractivity (Wildman–Crippen MR) is 63.1 cm³/mol. The van der Waals surface area contributed by atoms with Gasteiger partial charge in [-0.2, -0.15) is 0 Å². The average molecular weight is 307 g/mol. The average Bonchev–Trinajstić information content (AvgIpc) is 2.95. The van der Waals surface area contributed by atoms with E-state index in [-0.39, 0.29) is 6.10 Å². The molecule has 1 aliphatic carbocycles. The van der Waals surface area contributed by atoms with Crippen LogP contribution in [0, 0.1) is 9.62 Å². The van der Waals surface area contributed by atoms with Crippen LogP contribution in [0.4, 0.5) is 5.95 Å². The van der Waals surface area contributed by atoms with E-state index in [1.165, 1.54) is 12.8 Å². The molecule has 0 bridgehead atoms. The standard InChI is InChI=1S/C9H14IN3O/c1-13-8(10)5-12-9(13)11-4-7(14)6-2-3-6/h5-7,14H,2-4H2,1H3,(H,11,12). The molecule has 5 heteroatoms. The molecular weight excluding hydrogens is 293 g/mol. The lowest BCUT2D eigenvalue weighted by Gasteiger charge is -2.11. The molecule has 0 radical (unpaired) electrons. The number of anilines is 1. The molecule has 1 atom stereocenters. The van der Waals surface area contributed by atoms with E-state index in [0.717, 1.165) is 9.65 Å². The van der Waals surface area contributed by atoms with Gasteiger partial charge in [-0.25, -0.2) is 4.98 Å². The molecule has 2 rings (SSSR count). The van der Waals surface area contributed by atoms with E-state index in [0.29, 0.717) is 12.5 Å². The molecule has 1 aliphatic rings. The summed E-state index contributed by atoms with van der Waals surface area (Å²) in [4.78, 5) is 4.20. The summed E-state index contributed by atoms with van der Waals surface area (Å²) in [7, 11) is 1.96. The Morgan fingerprint density at radius 2 is 2.50 bits per heavy atom. The molecule has 0 saturated heterocycles. The summed E-state index contributed by atoms with van der Waals surface area (Å²) in [5.74, 6) is 1.34. The first-order chi connectivity index (χ1) is 6.68. The van der Waals surface area contributed by atoms with Crippen LogP contribution in [0.1, 0.15) is 12.8 Å². The van der Waals surface area contributed by atoms with Gasteiger partial charge in [0.25, 0.3) is 0 Å². The van der Waals surface area contributed by atoms with Crippen LogP contribution >= 0.6 is 22.6 Å². The zero-order valence-corrected chi connectivity index (χ0v) is 10.2. The molecular formula is C9H14IN3O. The largest absolute Gasteiger partial charge is 0.391 e.